The van der Waals surface area contributed by atoms with E-state index in [1.165, 1.54) is 11.3 Å². The average molecular weight is 562 g/mol. The van der Waals surface area contributed by atoms with E-state index in [1.54, 1.807) is 0 Å². The summed E-state index contributed by atoms with van der Waals surface area (Å²) in [5.41, 5.74) is 2.32. The number of halogens is 2. The molecule has 9 heteroatoms. The lowest BCUT2D eigenvalue weighted by Gasteiger charge is -2.34. The summed E-state index contributed by atoms with van der Waals surface area (Å²) in [5, 5.41) is 8.55. The van der Waals surface area contributed by atoms with E-state index in [0.717, 1.165) is 51.9 Å². The zero-order chi connectivity index (χ0) is 23.8. The van der Waals surface area contributed by atoms with Gasteiger partial charge in [-0.25, -0.2) is 0 Å². The zero-order valence-corrected chi connectivity index (χ0v) is 22.2. The maximum atomic E-state index is 13.5. The van der Waals surface area contributed by atoms with Crippen LogP contribution in [0.2, 0.25) is 4.34 Å². The Morgan fingerprint density at radius 1 is 1.26 bits per heavy atom. The van der Waals surface area contributed by atoms with Crippen molar-refractivity contribution in [2.75, 3.05) is 13.1 Å². The van der Waals surface area contributed by atoms with Crippen LogP contribution in [0.25, 0.3) is 21.5 Å². The lowest BCUT2D eigenvalue weighted by molar-refractivity contribution is 0.0891. The summed E-state index contributed by atoms with van der Waals surface area (Å²) < 4.78 is 9.09. The van der Waals surface area contributed by atoms with Gasteiger partial charge >= 0.3 is 0 Å². The van der Waals surface area contributed by atoms with Crippen LogP contribution in [0.15, 0.2) is 51.5 Å². The van der Waals surface area contributed by atoms with Crippen LogP contribution >= 0.6 is 38.9 Å². The van der Waals surface area contributed by atoms with Crippen LogP contribution in [0, 0.1) is 0 Å². The van der Waals surface area contributed by atoms with Gasteiger partial charge in [0, 0.05) is 36.6 Å². The van der Waals surface area contributed by atoms with E-state index < -0.39 is 0 Å². The van der Waals surface area contributed by atoms with Gasteiger partial charge in [-0.1, -0.05) is 35.0 Å². The largest absolute Gasteiger partial charge is 0.355 e. The molecule has 0 spiro atoms. The van der Waals surface area contributed by atoms with Gasteiger partial charge in [-0.15, -0.1) is 11.3 Å². The van der Waals surface area contributed by atoms with Crippen molar-refractivity contribution in [3.05, 3.63) is 62.7 Å². The summed E-state index contributed by atoms with van der Waals surface area (Å²) in [4.78, 5) is 16.9. The standard InChI is InChI=1S/C25H26BrClN4O2S/c1-15(2)30-11-9-16(10-12-30)28-25(32)24-23(26)18-5-3-4-6-19(18)31(24)14-17-13-20(33-29-17)21-7-8-22(27)34-21/h3-8,13,15-16H,9-12,14H2,1-2H3,(H,28,32). The normalized spacial score (nSPS) is 15.4. The molecule has 1 fully saturated rings. The maximum absolute atomic E-state index is 13.5. The fraction of sp³-hybridized carbons (Fsp3) is 0.360. The second-order valence-corrected chi connectivity index (χ2v) is 11.4. The SMILES string of the molecule is CC(C)N1CCC(NC(=O)c2c(Br)c3ccccc3n2Cc2cc(-c3ccc(Cl)s3)on2)CC1. The molecule has 1 aromatic carbocycles. The number of hydrogen-bond donors (Lipinski definition) is 1. The number of nitrogens with one attached hydrogen (secondary N) is 1. The van der Waals surface area contributed by atoms with Gasteiger partial charge in [-0.3, -0.25) is 4.79 Å². The Bertz CT molecular complexity index is 1320. The highest BCUT2D eigenvalue weighted by atomic mass is 79.9. The Hall–Kier alpha value is -2.13. The van der Waals surface area contributed by atoms with E-state index in [4.69, 9.17) is 16.1 Å². The Balaban J connectivity index is 1.42. The number of carbonyl (C=O) groups is 1. The molecule has 4 heterocycles. The molecule has 0 radical (unpaired) electrons. The quantitative estimate of drug-likeness (QED) is 0.295. The number of likely N-dealkylation sites (tertiary alicyclic amines) is 1. The highest BCUT2D eigenvalue weighted by Gasteiger charge is 2.27. The maximum Gasteiger partial charge on any atom is 0.269 e. The lowest BCUT2D eigenvalue weighted by atomic mass is 10.0. The first-order chi connectivity index (χ1) is 16.4. The number of aromatic nitrogens is 2. The number of amides is 1. The summed E-state index contributed by atoms with van der Waals surface area (Å²) in [7, 11) is 0. The van der Waals surface area contributed by atoms with Gasteiger partial charge in [0.15, 0.2) is 5.76 Å². The first-order valence-electron chi connectivity index (χ1n) is 11.4. The van der Waals surface area contributed by atoms with Crippen molar-refractivity contribution in [2.24, 2.45) is 0 Å². The first kappa shape index (κ1) is 23.6. The topological polar surface area (TPSA) is 63.3 Å². The van der Waals surface area contributed by atoms with Crippen LogP contribution in [0.3, 0.4) is 0 Å². The predicted octanol–water partition coefficient (Wildman–Crippen LogP) is 6.42. The van der Waals surface area contributed by atoms with Gasteiger partial charge < -0.3 is 19.3 Å². The van der Waals surface area contributed by atoms with Crippen LogP contribution < -0.4 is 5.32 Å². The molecule has 0 saturated carbocycles. The highest BCUT2D eigenvalue weighted by molar-refractivity contribution is 9.10. The van der Waals surface area contributed by atoms with Gasteiger partial charge in [0.25, 0.3) is 5.91 Å². The Morgan fingerprint density at radius 3 is 2.74 bits per heavy atom. The van der Waals surface area contributed by atoms with Gasteiger partial charge in [0.05, 0.1) is 25.7 Å². The van der Waals surface area contributed by atoms with Crippen molar-refractivity contribution in [3.8, 4) is 10.6 Å². The Labute approximate surface area is 216 Å². The smallest absolute Gasteiger partial charge is 0.269 e. The summed E-state index contributed by atoms with van der Waals surface area (Å²) in [5.74, 6) is 0.602. The number of piperidine rings is 1. The molecule has 1 N–H and O–H groups in total. The minimum atomic E-state index is -0.0696. The number of carbonyl (C=O) groups excluding carboxylic acids is 1. The summed E-state index contributed by atoms with van der Waals surface area (Å²) >= 11 is 11.2. The second kappa shape index (κ2) is 9.85. The monoisotopic (exact) mass is 560 g/mol. The van der Waals surface area contributed by atoms with E-state index in [9.17, 15) is 4.79 Å². The molecule has 1 aliphatic rings. The number of rotatable bonds is 6. The number of nitrogens with zero attached hydrogens (tertiary/aromatic N) is 3. The molecular weight excluding hydrogens is 536 g/mol. The molecule has 1 saturated heterocycles. The van der Waals surface area contributed by atoms with Crippen LogP contribution in [0.4, 0.5) is 0 Å². The van der Waals surface area contributed by atoms with Crippen molar-refractivity contribution in [1.82, 2.24) is 19.9 Å². The molecule has 0 atom stereocenters. The minimum absolute atomic E-state index is 0.0696. The fourth-order valence-electron chi connectivity index (χ4n) is 4.57. The van der Waals surface area contributed by atoms with Gasteiger partial charge in [0.2, 0.25) is 0 Å². The van der Waals surface area contributed by atoms with Crippen molar-refractivity contribution in [2.45, 2.75) is 45.3 Å². The zero-order valence-electron chi connectivity index (χ0n) is 19.1. The molecule has 34 heavy (non-hydrogen) atoms. The molecule has 0 aliphatic carbocycles. The van der Waals surface area contributed by atoms with Crippen molar-refractivity contribution >= 4 is 55.7 Å². The summed E-state index contributed by atoms with van der Waals surface area (Å²) in [6.07, 6.45) is 1.91. The predicted molar refractivity (Wildman–Crippen MR) is 141 cm³/mol. The number of thiophene rings is 1. The molecule has 1 aliphatic heterocycles. The molecule has 5 rings (SSSR count). The number of para-hydroxylation sites is 1. The van der Waals surface area contributed by atoms with E-state index >= 15 is 0 Å². The van der Waals surface area contributed by atoms with E-state index in [-0.39, 0.29) is 11.9 Å². The van der Waals surface area contributed by atoms with Crippen molar-refractivity contribution < 1.29 is 9.32 Å². The van der Waals surface area contributed by atoms with Crippen molar-refractivity contribution in [3.63, 3.8) is 0 Å². The third kappa shape index (κ3) is 4.69. The van der Waals surface area contributed by atoms with Crippen LogP contribution in [-0.2, 0) is 6.54 Å². The van der Waals surface area contributed by atoms with Crippen molar-refractivity contribution in [1.29, 1.82) is 0 Å². The van der Waals surface area contributed by atoms with E-state index in [0.29, 0.717) is 28.4 Å². The van der Waals surface area contributed by atoms with Crippen LogP contribution in [0.5, 0.6) is 0 Å². The molecule has 0 unspecified atom stereocenters. The summed E-state index contributed by atoms with van der Waals surface area (Å²) in [6, 6.07) is 14.4. The highest BCUT2D eigenvalue weighted by Crippen LogP contribution is 2.34. The van der Waals surface area contributed by atoms with Gasteiger partial charge in [-0.05, 0) is 60.8 Å². The summed E-state index contributed by atoms with van der Waals surface area (Å²) in [6.45, 7) is 6.86. The molecule has 1 amide bonds. The average Bonchev–Trinajstić information content (AvgIpc) is 3.53. The molecule has 4 aromatic rings. The van der Waals surface area contributed by atoms with E-state index in [2.05, 4.69) is 45.2 Å². The number of benzene rings is 1. The Morgan fingerprint density at radius 2 is 2.03 bits per heavy atom. The second-order valence-electron chi connectivity index (χ2n) is 8.93. The third-order valence-electron chi connectivity index (χ3n) is 6.41. The van der Waals surface area contributed by atoms with E-state index in [1.807, 2.05) is 47.0 Å². The van der Waals surface area contributed by atoms with Crippen LogP contribution in [0.1, 0.15) is 42.9 Å². The first-order valence-corrected chi connectivity index (χ1v) is 13.4. The molecule has 178 valence electrons. The lowest BCUT2D eigenvalue weighted by Crippen LogP contribution is -2.47. The Kier molecular flexibility index (Phi) is 6.84. The van der Waals surface area contributed by atoms with Gasteiger partial charge in [0.1, 0.15) is 11.4 Å². The van der Waals surface area contributed by atoms with Gasteiger partial charge in [-0.2, -0.15) is 0 Å². The molecular formula is C25H26BrClN4O2S. The third-order valence-corrected chi connectivity index (χ3v) is 8.46. The molecule has 6 nitrogen and oxygen atoms in total. The fourth-order valence-corrected chi connectivity index (χ4v) is 6.29. The number of hydrogen-bond acceptors (Lipinski definition) is 5. The molecule has 0 bridgehead atoms. The minimum Gasteiger partial charge on any atom is -0.355 e. The van der Waals surface area contributed by atoms with Crippen LogP contribution in [-0.4, -0.2) is 45.7 Å². The molecule has 3 aromatic heterocycles. The number of fused-ring (bicyclic) bond motifs is 1.